The first-order chi connectivity index (χ1) is 29.6. The van der Waals surface area contributed by atoms with Crippen molar-refractivity contribution in [2.75, 3.05) is 19.8 Å². The number of unbranched alkanes of at least 4 members (excludes halogenated alkanes) is 12. The summed E-state index contributed by atoms with van der Waals surface area (Å²) in [6, 6.07) is 0. The zero-order valence-electron chi connectivity index (χ0n) is 41.3. The summed E-state index contributed by atoms with van der Waals surface area (Å²) in [5.74, 6) is 2.22. The molecule has 3 N–H and O–H groups in total. The number of hydrogen-bond donors (Lipinski definition) is 3. The van der Waals surface area contributed by atoms with Crippen LogP contribution >= 0.6 is 0 Å². The Kier molecular flexibility index (Phi) is 27.3. The van der Waals surface area contributed by atoms with Crippen molar-refractivity contribution in [2.24, 2.45) is 17.8 Å². The standard InChI is InChI=1S/C53H93NO8/c1-10-11-12-13-14-15-16-17-18-19-20-21-22-31-47(57)54-53(37-55,38-56)39-60-48(58)32-33-49(59)61-50-43(6)44(7)51-46(45(50)8)34-36-52(9,62-51)35-25-30-42(5)29-24-28-41(4)27-23-26-40(2)3/h40-42,55-56H,10-39H2,1-9H3,(H,54,57). The van der Waals surface area contributed by atoms with Gasteiger partial charge in [-0.3, -0.25) is 14.4 Å². The lowest BCUT2D eigenvalue weighted by Gasteiger charge is -2.38. The molecule has 0 fully saturated rings. The SMILES string of the molecule is CCCCCCCCCCCCCCCC(=O)NC(CO)(CO)COC(=O)CCC(=O)Oc1c(C)c(C)c2c(c1C)CCC(C)(CCCC(C)CCCC(C)CCCC(C)C)O2. The van der Waals surface area contributed by atoms with Gasteiger partial charge in [0.2, 0.25) is 5.91 Å². The summed E-state index contributed by atoms with van der Waals surface area (Å²) < 4.78 is 18.0. The van der Waals surface area contributed by atoms with Crippen LogP contribution in [0.2, 0.25) is 0 Å². The van der Waals surface area contributed by atoms with Gasteiger partial charge in [0.25, 0.3) is 0 Å². The van der Waals surface area contributed by atoms with Crippen molar-refractivity contribution in [1.82, 2.24) is 5.32 Å². The van der Waals surface area contributed by atoms with Crippen LogP contribution < -0.4 is 14.8 Å². The monoisotopic (exact) mass is 872 g/mol. The van der Waals surface area contributed by atoms with Gasteiger partial charge in [-0.05, 0) is 94.2 Å². The van der Waals surface area contributed by atoms with Crippen molar-refractivity contribution in [2.45, 2.75) is 247 Å². The van der Waals surface area contributed by atoms with Gasteiger partial charge >= 0.3 is 11.9 Å². The Bertz CT molecular complexity index is 1440. The highest BCUT2D eigenvalue weighted by Crippen LogP contribution is 2.45. The van der Waals surface area contributed by atoms with Crippen LogP contribution in [-0.2, 0) is 25.5 Å². The Balaban J connectivity index is 1.75. The van der Waals surface area contributed by atoms with Gasteiger partial charge in [-0.2, -0.15) is 0 Å². The number of esters is 2. The van der Waals surface area contributed by atoms with Crippen LogP contribution in [0.1, 0.15) is 231 Å². The van der Waals surface area contributed by atoms with Crippen LogP contribution in [0, 0.1) is 38.5 Å². The molecule has 2 rings (SSSR count). The summed E-state index contributed by atoms with van der Waals surface area (Å²) >= 11 is 0. The van der Waals surface area contributed by atoms with E-state index in [-0.39, 0.29) is 30.8 Å². The molecule has 0 aromatic heterocycles. The minimum atomic E-state index is -1.50. The summed E-state index contributed by atoms with van der Waals surface area (Å²) in [5, 5.41) is 22.8. The van der Waals surface area contributed by atoms with Crippen molar-refractivity contribution in [1.29, 1.82) is 0 Å². The average Bonchev–Trinajstić information content (AvgIpc) is 3.23. The maximum atomic E-state index is 13.1. The largest absolute Gasteiger partial charge is 0.487 e. The van der Waals surface area contributed by atoms with Crippen LogP contribution in [0.3, 0.4) is 0 Å². The quantitative estimate of drug-likeness (QED) is 0.0349. The molecule has 9 nitrogen and oxygen atoms in total. The van der Waals surface area contributed by atoms with Gasteiger partial charge in [0.05, 0.1) is 26.1 Å². The first-order valence-electron chi connectivity index (χ1n) is 25.3. The molecule has 1 aromatic rings. The summed E-state index contributed by atoms with van der Waals surface area (Å²) in [4.78, 5) is 38.5. The van der Waals surface area contributed by atoms with Crippen molar-refractivity contribution < 1.29 is 38.8 Å². The number of rotatable bonds is 35. The van der Waals surface area contributed by atoms with E-state index in [4.69, 9.17) is 14.2 Å². The molecule has 0 bridgehead atoms. The van der Waals surface area contributed by atoms with Crippen molar-refractivity contribution in [3.63, 3.8) is 0 Å². The molecule has 0 saturated heterocycles. The summed E-state index contributed by atoms with van der Waals surface area (Å²) in [7, 11) is 0. The third kappa shape index (κ3) is 21.4. The molecule has 62 heavy (non-hydrogen) atoms. The Labute approximate surface area is 379 Å². The number of carbonyl (C=O) groups is 3. The Morgan fingerprint density at radius 3 is 1.74 bits per heavy atom. The lowest BCUT2D eigenvalue weighted by molar-refractivity contribution is -0.151. The Morgan fingerprint density at radius 1 is 0.677 bits per heavy atom. The number of fused-ring (bicyclic) bond motifs is 1. The predicted molar refractivity (Wildman–Crippen MR) is 254 cm³/mol. The van der Waals surface area contributed by atoms with Crippen LogP contribution in [0.15, 0.2) is 0 Å². The fourth-order valence-corrected chi connectivity index (χ4v) is 8.99. The molecule has 3 atom stereocenters. The molecule has 3 unspecified atom stereocenters. The second kappa shape index (κ2) is 30.5. The van der Waals surface area contributed by atoms with Gasteiger partial charge in [-0.1, -0.05) is 157 Å². The Morgan fingerprint density at radius 2 is 1.19 bits per heavy atom. The number of hydrogen-bond acceptors (Lipinski definition) is 8. The molecule has 1 aromatic carbocycles. The summed E-state index contributed by atoms with van der Waals surface area (Å²) in [6.07, 6.45) is 28.6. The molecule has 358 valence electrons. The van der Waals surface area contributed by atoms with E-state index < -0.39 is 37.3 Å². The molecular weight excluding hydrogens is 779 g/mol. The van der Waals surface area contributed by atoms with Crippen molar-refractivity contribution >= 4 is 17.8 Å². The smallest absolute Gasteiger partial charge is 0.311 e. The highest BCUT2D eigenvalue weighted by Gasteiger charge is 2.35. The normalized spacial score (nSPS) is 16.1. The van der Waals surface area contributed by atoms with E-state index in [1.165, 1.54) is 103 Å². The lowest BCUT2D eigenvalue weighted by atomic mass is 9.83. The van der Waals surface area contributed by atoms with E-state index in [0.717, 1.165) is 84.8 Å². The first kappa shape index (κ1) is 55.5. The lowest BCUT2D eigenvalue weighted by Crippen LogP contribution is -2.57. The fourth-order valence-electron chi connectivity index (χ4n) is 8.99. The molecule has 1 aliphatic heterocycles. The minimum Gasteiger partial charge on any atom is -0.487 e. The van der Waals surface area contributed by atoms with E-state index in [1.807, 2.05) is 20.8 Å². The van der Waals surface area contributed by atoms with Gasteiger partial charge in [-0.25, -0.2) is 0 Å². The topological polar surface area (TPSA) is 131 Å². The number of ether oxygens (including phenoxy) is 3. The number of aliphatic hydroxyl groups excluding tert-OH is 2. The van der Waals surface area contributed by atoms with Crippen LogP contribution in [0.4, 0.5) is 0 Å². The second-order valence-corrected chi connectivity index (χ2v) is 20.2. The van der Waals surface area contributed by atoms with Gasteiger partial charge in [0.15, 0.2) is 0 Å². The molecule has 1 amide bonds. The molecular formula is C53H93NO8. The van der Waals surface area contributed by atoms with Crippen LogP contribution in [0.5, 0.6) is 11.5 Å². The van der Waals surface area contributed by atoms with Gasteiger partial charge in [0.1, 0.15) is 29.2 Å². The second-order valence-electron chi connectivity index (χ2n) is 20.2. The summed E-state index contributed by atoms with van der Waals surface area (Å²) in [6.45, 7) is 18.2. The van der Waals surface area contributed by atoms with E-state index >= 15 is 0 Å². The number of carbonyl (C=O) groups excluding carboxylic acids is 3. The molecule has 0 spiro atoms. The zero-order valence-corrected chi connectivity index (χ0v) is 41.3. The molecule has 0 radical (unpaired) electrons. The molecule has 1 heterocycles. The zero-order chi connectivity index (χ0) is 46.0. The highest BCUT2D eigenvalue weighted by atomic mass is 16.5. The molecule has 1 aliphatic rings. The third-order valence-corrected chi connectivity index (χ3v) is 13.6. The average molecular weight is 872 g/mol. The first-order valence-corrected chi connectivity index (χ1v) is 25.3. The fraction of sp³-hybridized carbons (Fsp3) is 0.830. The predicted octanol–water partition coefficient (Wildman–Crippen LogP) is 12.7. The highest BCUT2D eigenvalue weighted by molar-refractivity contribution is 5.80. The molecule has 0 saturated carbocycles. The van der Waals surface area contributed by atoms with Crippen molar-refractivity contribution in [3.05, 3.63) is 22.3 Å². The van der Waals surface area contributed by atoms with E-state index in [0.29, 0.717) is 18.1 Å². The molecule has 9 heteroatoms. The Hall–Kier alpha value is -2.65. The minimum absolute atomic E-state index is 0.200. The number of amides is 1. The number of nitrogens with one attached hydrogen (secondary N) is 1. The summed E-state index contributed by atoms with van der Waals surface area (Å²) in [5.41, 5.74) is 2.04. The van der Waals surface area contributed by atoms with Gasteiger partial charge in [0, 0.05) is 12.0 Å². The van der Waals surface area contributed by atoms with Crippen LogP contribution in [0.25, 0.3) is 0 Å². The third-order valence-electron chi connectivity index (χ3n) is 13.6. The van der Waals surface area contributed by atoms with Crippen molar-refractivity contribution in [3.8, 4) is 11.5 Å². The maximum Gasteiger partial charge on any atom is 0.311 e. The van der Waals surface area contributed by atoms with Gasteiger partial charge in [-0.15, -0.1) is 0 Å². The van der Waals surface area contributed by atoms with Gasteiger partial charge < -0.3 is 29.7 Å². The van der Waals surface area contributed by atoms with E-state index in [9.17, 15) is 24.6 Å². The number of benzene rings is 1. The number of aliphatic hydroxyl groups is 2. The molecule has 0 aliphatic carbocycles. The maximum absolute atomic E-state index is 13.1. The van der Waals surface area contributed by atoms with E-state index in [2.05, 4.69) is 46.9 Å². The van der Waals surface area contributed by atoms with Crippen LogP contribution in [-0.4, -0.2) is 59.0 Å². The van der Waals surface area contributed by atoms with E-state index in [1.54, 1.807) is 0 Å².